The van der Waals surface area contributed by atoms with Gasteiger partial charge in [0.2, 0.25) is 0 Å². The predicted octanol–water partition coefficient (Wildman–Crippen LogP) is 0.187. The van der Waals surface area contributed by atoms with Gasteiger partial charge in [-0.05, 0) is 32.6 Å². The van der Waals surface area contributed by atoms with Gasteiger partial charge < -0.3 is 9.84 Å². The Kier molecular flexibility index (Phi) is 4.68. The van der Waals surface area contributed by atoms with Gasteiger partial charge in [0.25, 0.3) is 10.2 Å². The minimum Gasteiger partial charge on any atom is -0.481 e. The van der Waals surface area contributed by atoms with Crippen molar-refractivity contribution in [2.45, 2.75) is 38.2 Å². The Bertz CT molecular complexity index is 450. The van der Waals surface area contributed by atoms with E-state index in [0.29, 0.717) is 19.4 Å². The van der Waals surface area contributed by atoms with Crippen LogP contribution in [0, 0.1) is 5.92 Å². The summed E-state index contributed by atoms with van der Waals surface area (Å²) in [6.45, 7) is 3.34. The Morgan fingerprint density at radius 3 is 2.60 bits per heavy atom. The molecule has 2 N–H and O–H groups in total. The van der Waals surface area contributed by atoms with Gasteiger partial charge in [0.15, 0.2) is 0 Å². The molecule has 1 unspecified atom stereocenters. The van der Waals surface area contributed by atoms with Crippen molar-refractivity contribution in [3.8, 4) is 0 Å². The van der Waals surface area contributed by atoms with E-state index in [0.717, 1.165) is 12.8 Å². The molecule has 0 saturated carbocycles. The molecule has 0 spiro atoms. The molecule has 2 rings (SSSR count). The molecule has 0 aliphatic carbocycles. The minimum absolute atomic E-state index is 0.254. The Morgan fingerprint density at radius 2 is 2.10 bits per heavy atom. The van der Waals surface area contributed by atoms with E-state index in [-0.39, 0.29) is 19.6 Å². The highest BCUT2D eigenvalue weighted by atomic mass is 32.2. The summed E-state index contributed by atoms with van der Waals surface area (Å²) in [4.78, 5) is 10.9. The molecule has 2 aliphatic rings. The van der Waals surface area contributed by atoms with Crippen LogP contribution in [-0.2, 0) is 19.7 Å². The molecule has 0 amide bonds. The van der Waals surface area contributed by atoms with Crippen LogP contribution in [-0.4, -0.2) is 55.6 Å². The van der Waals surface area contributed by atoms with Crippen molar-refractivity contribution < 1.29 is 23.1 Å². The molecule has 0 aromatic carbocycles. The smallest absolute Gasteiger partial charge is 0.306 e. The number of carboxylic acid groups (broad SMARTS) is 1. The van der Waals surface area contributed by atoms with Gasteiger partial charge in [-0.2, -0.15) is 17.4 Å². The van der Waals surface area contributed by atoms with Gasteiger partial charge in [-0.1, -0.05) is 0 Å². The van der Waals surface area contributed by atoms with Crippen LogP contribution >= 0.6 is 0 Å². The van der Waals surface area contributed by atoms with Crippen LogP contribution < -0.4 is 4.72 Å². The topological polar surface area (TPSA) is 95.9 Å². The fourth-order valence-electron chi connectivity index (χ4n) is 2.65. The fraction of sp³-hybridized carbons (Fsp3) is 0.917. The van der Waals surface area contributed by atoms with E-state index in [9.17, 15) is 13.2 Å². The number of carboxylic acids is 1. The molecule has 2 aliphatic heterocycles. The summed E-state index contributed by atoms with van der Waals surface area (Å²) in [6, 6.07) is 0. The van der Waals surface area contributed by atoms with Gasteiger partial charge in [-0.15, -0.1) is 0 Å². The lowest BCUT2D eigenvalue weighted by Crippen LogP contribution is -2.49. The lowest BCUT2D eigenvalue weighted by molar-refractivity contribution is -0.142. The first kappa shape index (κ1) is 15.7. The van der Waals surface area contributed by atoms with Gasteiger partial charge in [-0.25, -0.2) is 0 Å². The molecule has 0 radical (unpaired) electrons. The Labute approximate surface area is 119 Å². The van der Waals surface area contributed by atoms with E-state index in [1.54, 1.807) is 0 Å². The molecule has 8 heteroatoms. The number of aliphatic carboxylic acids is 1. The minimum atomic E-state index is -3.55. The zero-order valence-corrected chi connectivity index (χ0v) is 12.5. The lowest BCUT2D eigenvalue weighted by atomic mass is 9.99. The van der Waals surface area contributed by atoms with Gasteiger partial charge in [0.05, 0.1) is 11.5 Å². The van der Waals surface area contributed by atoms with Crippen LogP contribution in [0.4, 0.5) is 0 Å². The first-order valence-corrected chi connectivity index (χ1v) is 8.38. The molecule has 0 aromatic rings. The van der Waals surface area contributed by atoms with Crippen molar-refractivity contribution in [1.29, 1.82) is 0 Å². The summed E-state index contributed by atoms with van der Waals surface area (Å²) in [6.07, 6.45) is 2.52. The zero-order chi connectivity index (χ0) is 14.8. The average molecular weight is 306 g/mol. The molecule has 7 nitrogen and oxygen atoms in total. The van der Waals surface area contributed by atoms with Crippen LogP contribution in [0.25, 0.3) is 0 Å². The van der Waals surface area contributed by atoms with Crippen LogP contribution in [0.1, 0.15) is 32.6 Å². The van der Waals surface area contributed by atoms with Gasteiger partial charge in [0.1, 0.15) is 0 Å². The molecule has 0 bridgehead atoms. The Balaban J connectivity index is 1.86. The maximum Gasteiger partial charge on any atom is 0.306 e. The van der Waals surface area contributed by atoms with Gasteiger partial charge in [-0.3, -0.25) is 4.79 Å². The quantitative estimate of drug-likeness (QED) is 0.756. The monoisotopic (exact) mass is 306 g/mol. The van der Waals surface area contributed by atoms with Gasteiger partial charge in [0, 0.05) is 26.2 Å². The largest absolute Gasteiger partial charge is 0.481 e. The number of ether oxygens (including phenoxy) is 1. The number of hydrogen-bond donors (Lipinski definition) is 2. The van der Waals surface area contributed by atoms with E-state index < -0.39 is 27.7 Å². The summed E-state index contributed by atoms with van der Waals surface area (Å²) in [5.41, 5.74) is -0.424. The van der Waals surface area contributed by atoms with Crippen LogP contribution in [0.15, 0.2) is 0 Å². The Morgan fingerprint density at radius 1 is 1.45 bits per heavy atom. The normalized spacial score (nSPS) is 29.6. The Hall–Kier alpha value is -0.700. The highest BCUT2D eigenvalue weighted by Crippen LogP contribution is 2.25. The lowest BCUT2D eigenvalue weighted by Gasteiger charge is -2.31. The first-order chi connectivity index (χ1) is 9.32. The number of piperidine rings is 1. The van der Waals surface area contributed by atoms with Gasteiger partial charge >= 0.3 is 5.97 Å². The molecule has 0 aromatic heterocycles. The van der Waals surface area contributed by atoms with E-state index in [1.165, 1.54) is 4.31 Å². The van der Waals surface area contributed by atoms with E-state index in [2.05, 4.69) is 4.72 Å². The van der Waals surface area contributed by atoms with Crippen molar-refractivity contribution in [1.82, 2.24) is 9.03 Å². The number of rotatable bonds is 5. The van der Waals surface area contributed by atoms with Crippen molar-refractivity contribution in [2.24, 2.45) is 5.92 Å². The summed E-state index contributed by atoms with van der Waals surface area (Å²) in [7, 11) is -3.55. The van der Waals surface area contributed by atoms with Crippen molar-refractivity contribution in [2.75, 3.05) is 26.2 Å². The number of nitrogens with zero attached hydrogens (tertiary/aromatic N) is 1. The summed E-state index contributed by atoms with van der Waals surface area (Å²) < 4.78 is 33.8. The highest BCUT2D eigenvalue weighted by Gasteiger charge is 2.34. The predicted molar refractivity (Wildman–Crippen MR) is 72.4 cm³/mol. The second-order valence-corrected chi connectivity index (χ2v) is 7.49. The maximum atomic E-state index is 12.2. The third-order valence-corrected chi connectivity index (χ3v) is 5.63. The molecule has 2 heterocycles. The van der Waals surface area contributed by atoms with E-state index in [1.807, 2.05) is 6.92 Å². The third kappa shape index (κ3) is 3.69. The zero-order valence-electron chi connectivity index (χ0n) is 11.7. The SMILES string of the molecule is CC1(CNS(=O)(=O)N2CCC(C(=O)O)CC2)CCCO1. The van der Waals surface area contributed by atoms with Crippen LogP contribution in [0.2, 0.25) is 0 Å². The number of nitrogens with one attached hydrogen (secondary N) is 1. The molecular weight excluding hydrogens is 284 g/mol. The van der Waals surface area contributed by atoms with E-state index in [4.69, 9.17) is 9.84 Å². The first-order valence-electron chi connectivity index (χ1n) is 6.94. The maximum absolute atomic E-state index is 12.2. The standard InChI is InChI=1S/C12H22N2O5S/c1-12(5-2-8-19-12)9-13-20(17,18)14-6-3-10(4-7-14)11(15)16/h10,13H,2-9H2,1H3,(H,15,16). The molecule has 20 heavy (non-hydrogen) atoms. The third-order valence-electron chi connectivity index (χ3n) is 4.07. The highest BCUT2D eigenvalue weighted by molar-refractivity contribution is 7.87. The second-order valence-electron chi connectivity index (χ2n) is 5.74. The number of hydrogen-bond acceptors (Lipinski definition) is 4. The molecule has 116 valence electrons. The van der Waals surface area contributed by atoms with Crippen molar-refractivity contribution >= 4 is 16.2 Å². The second kappa shape index (κ2) is 5.97. The summed E-state index contributed by atoms with van der Waals surface area (Å²) in [5.74, 6) is -1.28. The molecular formula is C12H22N2O5S. The average Bonchev–Trinajstić information content (AvgIpc) is 2.84. The van der Waals surface area contributed by atoms with Crippen LogP contribution in [0.3, 0.4) is 0 Å². The van der Waals surface area contributed by atoms with Crippen LogP contribution in [0.5, 0.6) is 0 Å². The molecule has 2 fully saturated rings. The van der Waals surface area contributed by atoms with E-state index >= 15 is 0 Å². The molecule has 2 saturated heterocycles. The summed E-state index contributed by atoms with van der Waals surface area (Å²) in [5, 5.41) is 8.91. The number of carbonyl (C=O) groups is 1. The van der Waals surface area contributed by atoms with Crippen molar-refractivity contribution in [3.63, 3.8) is 0 Å². The molecule has 1 atom stereocenters. The summed E-state index contributed by atoms with van der Waals surface area (Å²) >= 11 is 0. The van der Waals surface area contributed by atoms with Crippen molar-refractivity contribution in [3.05, 3.63) is 0 Å². The fourth-order valence-corrected chi connectivity index (χ4v) is 4.02.